The predicted molar refractivity (Wildman–Crippen MR) is 104 cm³/mol. The summed E-state index contributed by atoms with van der Waals surface area (Å²) in [5, 5.41) is 0. The molecule has 7 nitrogen and oxygen atoms in total. The highest BCUT2D eigenvalue weighted by Crippen LogP contribution is 2.27. The number of sulfonamides is 1. The minimum Gasteiger partial charge on any atom is -0.495 e. The average Bonchev–Trinajstić information content (AvgIpc) is 2.66. The molecular weight excluding hydrogens is 382 g/mol. The number of nitrogens with zero attached hydrogens (tertiary/aromatic N) is 1. The van der Waals surface area contributed by atoms with Crippen molar-refractivity contribution in [2.45, 2.75) is 18.7 Å². The number of hydrogen-bond donors (Lipinski definition) is 0. The Hall–Kier alpha value is -2.71. The molecule has 0 aliphatic rings. The minimum absolute atomic E-state index is 0.00925. The predicted octanol–water partition coefficient (Wildman–Crippen LogP) is 2.60. The van der Waals surface area contributed by atoms with E-state index in [1.807, 2.05) is 19.1 Å². The van der Waals surface area contributed by atoms with Gasteiger partial charge in [0.25, 0.3) is 0 Å². The van der Waals surface area contributed by atoms with Gasteiger partial charge in [0, 0.05) is 19.7 Å². The van der Waals surface area contributed by atoms with Crippen molar-refractivity contribution in [3.63, 3.8) is 0 Å². The highest BCUT2D eigenvalue weighted by molar-refractivity contribution is 7.89. The first-order chi connectivity index (χ1) is 13.1. The standard InChI is InChI=1S/C20H23NO6S/c1-13-6-7-14(2)16(10-13)17(22)12-27-20(23)15-8-9-18(26-5)19(11-15)28(24,25)21(3)4/h6-11H,12H2,1-5H3. The number of hydrogen-bond acceptors (Lipinski definition) is 6. The highest BCUT2D eigenvalue weighted by Gasteiger charge is 2.24. The molecule has 28 heavy (non-hydrogen) atoms. The van der Waals surface area contributed by atoms with Crippen molar-refractivity contribution in [2.75, 3.05) is 27.8 Å². The zero-order valence-electron chi connectivity index (χ0n) is 16.5. The van der Waals surface area contributed by atoms with Crippen molar-refractivity contribution in [1.29, 1.82) is 0 Å². The van der Waals surface area contributed by atoms with Crippen LogP contribution in [-0.2, 0) is 14.8 Å². The van der Waals surface area contributed by atoms with Crippen LogP contribution >= 0.6 is 0 Å². The van der Waals surface area contributed by atoms with E-state index in [4.69, 9.17) is 9.47 Å². The number of aryl methyl sites for hydroxylation is 2. The SMILES string of the molecule is COc1ccc(C(=O)OCC(=O)c2cc(C)ccc2C)cc1S(=O)(=O)N(C)C. The molecule has 0 amide bonds. The Morgan fingerprint density at radius 1 is 1.04 bits per heavy atom. The fourth-order valence-corrected chi connectivity index (χ4v) is 3.61. The van der Waals surface area contributed by atoms with E-state index in [0.717, 1.165) is 15.4 Å². The maximum atomic E-state index is 12.4. The Morgan fingerprint density at radius 2 is 1.71 bits per heavy atom. The number of ether oxygens (including phenoxy) is 2. The van der Waals surface area contributed by atoms with Crippen molar-refractivity contribution in [3.05, 3.63) is 58.7 Å². The molecule has 0 aliphatic heterocycles. The van der Waals surface area contributed by atoms with Crippen LogP contribution in [0.1, 0.15) is 31.8 Å². The number of benzene rings is 2. The number of Topliss-reactive ketones (excluding diaryl/α,β-unsaturated/α-hetero) is 1. The van der Waals surface area contributed by atoms with Crippen LogP contribution in [0.4, 0.5) is 0 Å². The summed E-state index contributed by atoms with van der Waals surface area (Å²) in [6.07, 6.45) is 0. The second-order valence-corrected chi connectivity index (χ2v) is 8.59. The molecule has 0 N–H and O–H groups in total. The largest absolute Gasteiger partial charge is 0.495 e. The number of ketones is 1. The lowest BCUT2D eigenvalue weighted by atomic mass is 10.0. The summed E-state index contributed by atoms with van der Waals surface area (Å²) >= 11 is 0. The molecule has 0 atom stereocenters. The molecule has 0 aliphatic carbocycles. The summed E-state index contributed by atoms with van der Waals surface area (Å²) in [6.45, 7) is 3.23. The Morgan fingerprint density at radius 3 is 2.32 bits per heavy atom. The number of methoxy groups -OCH3 is 1. The van der Waals surface area contributed by atoms with E-state index in [9.17, 15) is 18.0 Å². The Kier molecular flexibility index (Phi) is 6.58. The normalized spacial score (nSPS) is 11.4. The Bertz CT molecular complexity index is 1010. The summed E-state index contributed by atoms with van der Waals surface area (Å²) in [6, 6.07) is 9.39. The summed E-state index contributed by atoms with van der Waals surface area (Å²) in [7, 11) is 0.267. The van der Waals surface area contributed by atoms with E-state index in [1.165, 1.54) is 39.4 Å². The number of carbonyl (C=O) groups is 2. The fourth-order valence-electron chi connectivity index (χ4n) is 2.53. The van der Waals surface area contributed by atoms with Crippen molar-refractivity contribution < 1.29 is 27.5 Å². The van der Waals surface area contributed by atoms with Gasteiger partial charge in [-0.1, -0.05) is 17.7 Å². The van der Waals surface area contributed by atoms with Crippen LogP contribution in [0.15, 0.2) is 41.3 Å². The lowest BCUT2D eigenvalue weighted by Gasteiger charge is -2.15. The molecule has 0 saturated heterocycles. The molecule has 2 aromatic rings. The molecular formula is C20H23NO6S. The number of carbonyl (C=O) groups excluding carboxylic acids is 2. The van der Waals surface area contributed by atoms with E-state index >= 15 is 0 Å². The molecule has 0 saturated carbocycles. The minimum atomic E-state index is -3.83. The van der Waals surface area contributed by atoms with Crippen LogP contribution in [0, 0.1) is 13.8 Å². The molecule has 8 heteroatoms. The smallest absolute Gasteiger partial charge is 0.338 e. The van der Waals surface area contributed by atoms with Crippen molar-refractivity contribution >= 4 is 21.8 Å². The highest BCUT2D eigenvalue weighted by atomic mass is 32.2. The van der Waals surface area contributed by atoms with Crippen LogP contribution in [-0.4, -0.2) is 52.3 Å². The Labute approximate surface area is 164 Å². The molecule has 150 valence electrons. The first kappa shape index (κ1) is 21.6. The van der Waals surface area contributed by atoms with Crippen LogP contribution in [0.5, 0.6) is 5.75 Å². The van der Waals surface area contributed by atoms with Gasteiger partial charge in [0.05, 0.1) is 12.7 Å². The van der Waals surface area contributed by atoms with Crippen LogP contribution < -0.4 is 4.74 Å². The average molecular weight is 405 g/mol. The topological polar surface area (TPSA) is 90.0 Å². The van der Waals surface area contributed by atoms with Gasteiger partial charge in [-0.05, 0) is 43.7 Å². The molecule has 0 aromatic heterocycles. The first-order valence-corrected chi connectivity index (χ1v) is 9.90. The maximum Gasteiger partial charge on any atom is 0.338 e. The second-order valence-electron chi connectivity index (χ2n) is 6.47. The number of rotatable bonds is 7. The molecule has 2 aromatic carbocycles. The third-order valence-corrected chi connectivity index (χ3v) is 6.02. The summed E-state index contributed by atoms with van der Waals surface area (Å²) in [4.78, 5) is 24.6. The van der Waals surface area contributed by atoms with Crippen molar-refractivity contribution in [3.8, 4) is 5.75 Å². The molecule has 0 radical (unpaired) electrons. The maximum absolute atomic E-state index is 12.4. The first-order valence-electron chi connectivity index (χ1n) is 8.46. The van der Waals surface area contributed by atoms with Gasteiger partial charge in [-0.2, -0.15) is 0 Å². The van der Waals surface area contributed by atoms with E-state index in [0.29, 0.717) is 5.56 Å². The molecule has 0 spiro atoms. The summed E-state index contributed by atoms with van der Waals surface area (Å²) < 4.78 is 36.1. The van der Waals surface area contributed by atoms with Crippen molar-refractivity contribution in [2.24, 2.45) is 0 Å². The Balaban J connectivity index is 2.23. The summed E-state index contributed by atoms with van der Waals surface area (Å²) in [5.74, 6) is -1.02. The van der Waals surface area contributed by atoms with Gasteiger partial charge in [0.2, 0.25) is 15.8 Å². The molecule has 0 bridgehead atoms. The molecule has 0 heterocycles. The third-order valence-electron chi connectivity index (χ3n) is 4.19. The van der Waals surface area contributed by atoms with Gasteiger partial charge in [-0.15, -0.1) is 0 Å². The van der Waals surface area contributed by atoms with Crippen LogP contribution in [0.2, 0.25) is 0 Å². The summed E-state index contributed by atoms with van der Waals surface area (Å²) in [5.41, 5.74) is 2.21. The lowest BCUT2D eigenvalue weighted by molar-refractivity contribution is 0.0474. The van der Waals surface area contributed by atoms with Gasteiger partial charge in [0.15, 0.2) is 6.61 Å². The fraction of sp³-hybridized carbons (Fsp3) is 0.300. The zero-order chi connectivity index (χ0) is 21.1. The van der Waals surface area contributed by atoms with Crippen LogP contribution in [0.25, 0.3) is 0 Å². The van der Waals surface area contributed by atoms with E-state index in [1.54, 1.807) is 13.0 Å². The van der Waals surface area contributed by atoms with Crippen LogP contribution in [0.3, 0.4) is 0 Å². The van der Waals surface area contributed by atoms with Crippen molar-refractivity contribution in [1.82, 2.24) is 4.31 Å². The van der Waals surface area contributed by atoms with E-state index < -0.39 is 22.6 Å². The zero-order valence-corrected chi connectivity index (χ0v) is 17.3. The van der Waals surface area contributed by atoms with Gasteiger partial charge in [-0.25, -0.2) is 17.5 Å². The van der Waals surface area contributed by atoms with E-state index in [-0.39, 0.29) is 22.0 Å². The second kappa shape index (κ2) is 8.53. The van der Waals surface area contributed by atoms with Gasteiger partial charge < -0.3 is 9.47 Å². The van der Waals surface area contributed by atoms with Gasteiger partial charge in [0.1, 0.15) is 10.6 Å². The van der Waals surface area contributed by atoms with Gasteiger partial charge >= 0.3 is 5.97 Å². The monoisotopic (exact) mass is 405 g/mol. The molecule has 0 fully saturated rings. The lowest BCUT2D eigenvalue weighted by Crippen LogP contribution is -2.23. The molecule has 0 unspecified atom stereocenters. The quantitative estimate of drug-likeness (QED) is 0.520. The molecule has 2 rings (SSSR count). The van der Waals surface area contributed by atoms with Gasteiger partial charge in [-0.3, -0.25) is 4.79 Å². The number of esters is 1. The van der Waals surface area contributed by atoms with E-state index in [2.05, 4.69) is 0 Å². The third kappa shape index (κ3) is 4.58.